The first-order valence-corrected chi connectivity index (χ1v) is 6.57. The fraction of sp³-hybridized carbons (Fsp3) is 0.917. The highest BCUT2D eigenvalue weighted by Crippen LogP contribution is 2.22. The SMILES string of the molecule is CCC1OC(OCCOCCNC=O)CC(O)C1O. The largest absolute Gasteiger partial charge is 0.390 e. The monoisotopic (exact) mass is 277 g/mol. The van der Waals surface area contributed by atoms with Crippen LogP contribution in [0.5, 0.6) is 0 Å². The minimum atomic E-state index is -0.851. The van der Waals surface area contributed by atoms with E-state index in [0.717, 1.165) is 0 Å². The number of rotatable bonds is 9. The fourth-order valence-corrected chi connectivity index (χ4v) is 1.89. The number of amides is 1. The van der Waals surface area contributed by atoms with Crippen molar-refractivity contribution >= 4 is 6.41 Å². The molecule has 0 aromatic carbocycles. The van der Waals surface area contributed by atoms with Crippen molar-refractivity contribution in [2.75, 3.05) is 26.4 Å². The molecule has 1 heterocycles. The summed E-state index contributed by atoms with van der Waals surface area (Å²) in [7, 11) is 0. The summed E-state index contributed by atoms with van der Waals surface area (Å²) in [6.07, 6.45) is -1.09. The van der Waals surface area contributed by atoms with Crippen LogP contribution in [0.15, 0.2) is 0 Å². The van der Waals surface area contributed by atoms with Crippen molar-refractivity contribution in [2.45, 2.75) is 44.4 Å². The number of hydrogen-bond donors (Lipinski definition) is 3. The lowest BCUT2D eigenvalue weighted by Gasteiger charge is -2.36. The Morgan fingerprint density at radius 1 is 1.37 bits per heavy atom. The Morgan fingerprint density at radius 2 is 2.16 bits per heavy atom. The molecule has 4 atom stereocenters. The van der Waals surface area contributed by atoms with Crippen LogP contribution >= 0.6 is 0 Å². The van der Waals surface area contributed by atoms with E-state index in [1.54, 1.807) is 0 Å². The molecule has 1 aliphatic rings. The van der Waals surface area contributed by atoms with Crippen LogP contribution in [0.4, 0.5) is 0 Å². The molecule has 1 aliphatic heterocycles. The Balaban J connectivity index is 2.10. The summed E-state index contributed by atoms with van der Waals surface area (Å²) in [5.74, 6) is 0. The zero-order chi connectivity index (χ0) is 14.1. The molecular weight excluding hydrogens is 254 g/mol. The Morgan fingerprint density at radius 3 is 2.84 bits per heavy atom. The van der Waals surface area contributed by atoms with Gasteiger partial charge in [0.05, 0.1) is 32.0 Å². The lowest BCUT2D eigenvalue weighted by Crippen LogP contribution is -2.48. The van der Waals surface area contributed by atoms with Gasteiger partial charge < -0.3 is 29.7 Å². The molecule has 3 N–H and O–H groups in total. The third-order valence-corrected chi connectivity index (χ3v) is 2.94. The van der Waals surface area contributed by atoms with Gasteiger partial charge in [0.2, 0.25) is 6.41 Å². The van der Waals surface area contributed by atoms with Crippen molar-refractivity contribution in [3.05, 3.63) is 0 Å². The number of aliphatic hydroxyl groups excluding tert-OH is 2. The third kappa shape index (κ3) is 5.84. The first kappa shape index (κ1) is 16.3. The molecule has 0 saturated carbocycles. The second kappa shape index (κ2) is 9.22. The van der Waals surface area contributed by atoms with Crippen LogP contribution in [0, 0.1) is 0 Å². The standard InChI is InChI=1S/C12H23NO6/c1-2-10-12(16)9(15)7-11(19-10)18-6-5-17-4-3-13-8-14/h8-12,15-16H,2-7H2,1H3,(H,13,14). The normalized spacial score (nSPS) is 31.1. The first-order chi connectivity index (χ1) is 9.19. The minimum absolute atomic E-state index is 0.254. The van der Waals surface area contributed by atoms with Gasteiger partial charge in [-0.25, -0.2) is 0 Å². The highest BCUT2D eigenvalue weighted by molar-refractivity contribution is 5.45. The van der Waals surface area contributed by atoms with Crippen LogP contribution < -0.4 is 5.32 Å². The van der Waals surface area contributed by atoms with E-state index in [-0.39, 0.29) is 6.42 Å². The Bertz CT molecular complexity index is 252. The van der Waals surface area contributed by atoms with Crippen LogP contribution in [0.3, 0.4) is 0 Å². The number of carbonyl (C=O) groups is 1. The Labute approximate surface area is 112 Å². The topological polar surface area (TPSA) is 97.2 Å². The van der Waals surface area contributed by atoms with Crippen molar-refractivity contribution in [3.8, 4) is 0 Å². The van der Waals surface area contributed by atoms with Crippen LogP contribution in [0.1, 0.15) is 19.8 Å². The van der Waals surface area contributed by atoms with E-state index in [2.05, 4.69) is 5.32 Å². The maximum absolute atomic E-state index is 9.96. The summed E-state index contributed by atoms with van der Waals surface area (Å²) in [4.78, 5) is 9.96. The summed E-state index contributed by atoms with van der Waals surface area (Å²) >= 11 is 0. The van der Waals surface area contributed by atoms with Crippen LogP contribution in [0.25, 0.3) is 0 Å². The molecule has 1 fully saturated rings. The lowest BCUT2D eigenvalue weighted by atomic mass is 10.00. The van der Waals surface area contributed by atoms with Crippen molar-refractivity contribution in [1.29, 1.82) is 0 Å². The predicted molar refractivity (Wildman–Crippen MR) is 66.4 cm³/mol. The number of carbonyl (C=O) groups excluding carboxylic acids is 1. The average Bonchev–Trinajstić information content (AvgIpc) is 2.41. The highest BCUT2D eigenvalue weighted by Gasteiger charge is 2.35. The summed E-state index contributed by atoms with van der Waals surface area (Å²) in [6, 6.07) is 0. The van der Waals surface area contributed by atoms with Crippen LogP contribution in [-0.2, 0) is 19.0 Å². The summed E-state index contributed by atoms with van der Waals surface area (Å²) in [6.45, 7) is 3.49. The van der Waals surface area contributed by atoms with Gasteiger partial charge in [0.25, 0.3) is 0 Å². The van der Waals surface area contributed by atoms with E-state index in [4.69, 9.17) is 14.2 Å². The van der Waals surface area contributed by atoms with Gasteiger partial charge in [-0.2, -0.15) is 0 Å². The van der Waals surface area contributed by atoms with Gasteiger partial charge in [0.15, 0.2) is 6.29 Å². The highest BCUT2D eigenvalue weighted by atomic mass is 16.7. The van der Waals surface area contributed by atoms with E-state index < -0.39 is 24.6 Å². The Kier molecular flexibility index (Phi) is 7.92. The molecule has 19 heavy (non-hydrogen) atoms. The van der Waals surface area contributed by atoms with Gasteiger partial charge in [-0.15, -0.1) is 0 Å². The van der Waals surface area contributed by atoms with Crippen molar-refractivity contribution in [3.63, 3.8) is 0 Å². The number of aliphatic hydroxyl groups is 2. The summed E-state index contributed by atoms with van der Waals surface area (Å²) in [5.41, 5.74) is 0. The molecule has 4 unspecified atom stereocenters. The number of hydrogen-bond acceptors (Lipinski definition) is 6. The lowest BCUT2D eigenvalue weighted by molar-refractivity contribution is -0.253. The molecule has 0 bridgehead atoms. The van der Waals surface area contributed by atoms with Gasteiger partial charge >= 0.3 is 0 Å². The second-order valence-electron chi connectivity index (χ2n) is 4.36. The van der Waals surface area contributed by atoms with E-state index in [0.29, 0.717) is 39.2 Å². The molecule has 1 saturated heterocycles. The first-order valence-electron chi connectivity index (χ1n) is 6.57. The molecule has 0 aromatic heterocycles. The predicted octanol–water partition coefficient (Wildman–Crippen LogP) is -0.988. The molecule has 7 nitrogen and oxygen atoms in total. The van der Waals surface area contributed by atoms with Crippen LogP contribution in [0.2, 0.25) is 0 Å². The van der Waals surface area contributed by atoms with Gasteiger partial charge in [-0.05, 0) is 6.42 Å². The molecule has 0 aliphatic carbocycles. The van der Waals surface area contributed by atoms with Crippen molar-refractivity contribution < 1.29 is 29.2 Å². The zero-order valence-corrected chi connectivity index (χ0v) is 11.2. The number of ether oxygens (including phenoxy) is 3. The molecule has 1 amide bonds. The quantitative estimate of drug-likeness (QED) is 0.370. The molecule has 1 rings (SSSR count). The smallest absolute Gasteiger partial charge is 0.207 e. The molecule has 112 valence electrons. The zero-order valence-electron chi connectivity index (χ0n) is 11.2. The van der Waals surface area contributed by atoms with Crippen LogP contribution in [-0.4, -0.2) is 67.6 Å². The summed E-state index contributed by atoms with van der Waals surface area (Å²) < 4.78 is 16.2. The van der Waals surface area contributed by atoms with E-state index >= 15 is 0 Å². The van der Waals surface area contributed by atoms with Gasteiger partial charge in [0.1, 0.15) is 6.10 Å². The average molecular weight is 277 g/mol. The van der Waals surface area contributed by atoms with Crippen molar-refractivity contribution in [1.82, 2.24) is 5.32 Å². The molecule has 0 radical (unpaired) electrons. The molecule has 0 aromatic rings. The van der Waals surface area contributed by atoms with Crippen molar-refractivity contribution in [2.24, 2.45) is 0 Å². The second-order valence-corrected chi connectivity index (χ2v) is 4.36. The maximum Gasteiger partial charge on any atom is 0.207 e. The van der Waals surface area contributed by atoms with E-state index in [9.17, 15) is 15.0 Å². The minimum Gasteiger partial charge on any atom is -0.390 e. The van der Waals surface area contributed by atoms with Gasteiger partial charge in [-0.1, -0.05) is 6.92 Å². The number of nitrogens with one attached hydrogen (secondary N) is 1. The molecule has 7 heteroatoms. The van der Waals surface area contributed by atoms with E-state index in [1.165, 1.54) is 0 Å². The fourth-order valence-electron chi connectivity index (χ4n) is 1.89. The van der Waals surface area contributed by atoms with Gasteiger partial charge in [-0.3, -0.25) is 4.79 Å². The molecular formula is C12H23NO6. The van der Waals surface area contributed by atoms with Gasteiger partial charge in [0, 0.05) is 13.0 Å². The summed E-state index contributed by atoms with van der Waals surface area (Å²) in [5, 5.41) is 21.8. The van der Waals surface area contributed by atoms with E-state index in [1.807, 2.05) is 6.92 Å². The third-order valence-electron chi connectivity index (χ3n) is 2.94. The Hall–Kier alpha value is -0.730. The molecule has 0 spiro atoms. The maximum atomic E-state index is 9.96.